The van der Waals surface area contributed by atoms with Gasteiger partial charge in [-0.25, -0.2) is 0 Å². The lowest BCUT2D eigenvalue weighted by Crippen LogP contribution is -2.04. The molecule has 0 atom stereocenters. The van der Waals surface area contributed by atoms with Gasteiger partial charge in [0.15, 0.2) is 0 Å². The minimum atomic E-state index is -4.34. The van der Waals surface area contributed by atoms with Crippen LogP contribution in [-0.4, -0.2) is 4.98 Å². The molecule has 0 aliphatic rings. The molecule has 2 aromatic carbocycles. The Balaban J connectivity index is 2.40. The van der Waals surface area contributed by atoms with Crippen LogP contribution in [0.15, 0.2) is 42.5 Å². The normalized spacial score (nSPS) is 12.2. The topological polar surface area (TPSA) is 12.9 Å². The van der Waals surface area contributed by atoms with Crippen molar-refractivity contribution in [3.63, 3.8) is 0 Å². The summed E-state index contributed by atoms with van der Waals surface area (Å²) in [4.78, 5) is 4.28. The molecular formula is C15H10F3N. The molecule has 3 rings (SSSR count). The van der Waals surface area contributed by atoms with Crippen LogP contribution in [0.1, 0.15) is 11.3 Å². The second-order valence-electron chi connectivity index (χ2n) is 4.47. The number of hydrogen-bond acceptors (Lipinski definition) is 1. The van der Waals surface area contributed by atoms with Gasteiger partial charge < -0.3 is 0 Å². The predicted octanol–water partition coefficient (Wildman–Crippen LogP) is 4.72. The van der Waals surface area contributed by atoms with Gasteiger partial charge in [-0.1, -0.05) is 30.3 Å². The van der Waals surface area contributed by atoms with Crippen LogP contribution in [0, 0.1) is 6.92 Å². The van der Waals surface area contributed by atoms with Crippen molar-refractivity contribution >= 4 is 21.7 Å². The minimum absolute atomic E-state index is 0.381. The average molecular weight is 261 g/mol. The number of nitrogens with zero attached hydrogens (tertiary/aromatic N) is 1. The summed E-state index contributed by atoms with van der Waals surface area (Å²) in [6.45, 7) is 1.81. The van der Waals surface area contributed by atoms with Gasteiger partial charge in [0.05, 0.1) is 11.1 Å². The molecule has 0 unspecified atom stereocenters. The molecule has 0 N–H and O–H groups in total. The fraction of sp³-hybridized carbons (Fsp3) is 0.133. The lowest BCUT2D eigenvalue weighted by Gasteiger charge is -2.10. The highest BCUT2D eigenvalue weighted by Gasteiger charge is 2.30. The third kappa shape index (κ3) is 1.93. The van der Waals surface area contributed by atoms with Crippen molar-refractivity contribution in [2.75, 3.05) is 0 Å². The number of rotatable bonds is 0. The van der Waals surface area contributed by atoms with Crippen LogP contribution in [-0.2, 0) is 6.18 Å². The fourth-order valence-corrected chi connectivity index (χ4v) is 2.30. The molecular weight excluding hydrogens is 251 g/mol. The molecule has 4 heteroatoms. The van der Waals surface area contributed by atoms with E-state index in [0.29, 0.717) is 5.52 Å². The highest BCUT2D eigenvalue weighted by Crippen LogP contribution is 2.33. The molecule has 0 aliphatic heterocycles. The maximum Gasteiger partial charge on any atom is 0.416 e. The Morgan fingerprint density at radius 2 is 1.58 bits per heavy atom. The first-order valence-electron chi connectivity index (χ1n) is 5.83. The largest absolute Gasteiger partial charge is 0.416 e. The van der Waals surface area contributed by atoms with Crippen LogP contribution in [0.2, 0.25) is 0 Å². The van der Waals surface area contributed by atoms with E-state index in [4.69, 9.17) is 0 Å². The van der Waals surface area contributed by atoms with Gasteiger partial charge in [0, 0.05) is 16.5 Å². The molecule has 0 saturated heterocycles. The van der Waals surface area contributed by atoms with Crippen LogP contribution in [0.25, 0.3) is 21.7 Å². The van der Waals surface area contributed by atoms with Crippen LogP contribution >= 0.6 is 0 Å². The molecule has 0 saturated carbocycles. The highest BCUT2D eigenvalue weighted by molar-refractivity contribution is 6.06. The fourth-order valence-electron chi connectivity index (χ4n) is 2.30. The monoisotopic (exact) mass is 261 g/mol. The first-order chi connectivity index (χ1) is 8.97. The third-order valence-corrected chi connectivity index (χ3v) is 3.22. The van der Waals surface area contributed by atoms with Crippen LogP contribution in [0.3, 0.4) is 0 Å². The van der Waals surface area contributed by atoms with E-state index in [0.717, 1.165) is 34.0 Å². The summed E-state index contributed by atoms with van der Waals surface area (Å²) in [6, 6.07) is 11.3. The zero-order valence-electron chi connectivity index (χ0n) is 10.1. The number of aryl methyl sites for hydroxylation is 1. The number of hydrogen-bond donors (Lipinski definition) is 0. The second kappa shape index (κ2) is 3.95. The van der Waals surface area contributed by atoms with Gasteiger partial charge in [0.1, 0.15) is 0 Å². The molecule has 3 aromatic rings. The van der Waals surface area contributed by atoms with Crippen molar-refractivity contribution in [1.29, 1.82) is 0 Å². The molecule has 0 fully saturated rings. The van der Waals surface area contributed by atoms with Crippen LogP contribution < -0.4 is 0 Å². The molecule has 0 spiro atoms. The van der Waals surface area contributed by atoms with E-state index < -0.39 is 11.7 Å². The molecule has 0 aliphatic carbocycles. The van der Waals surface area contributed by atoms with E-state index in [9.17, 15) is 13.2 Å². The summed E-state index contributed by atoms with van der Waals surface area (Å²) >= 11 is 0. The Bertz CT molecular complexity index is 775. The quantitative estimate of drug-likeness (QED) is 0.534. The lowest BCUT2D eigenvalue weighted by molar-refractivity contribution is -0.137. The van der Waals surface area contributed by atoms with Crippen LogP contribution in [0.4, 0.5) is 13.2 Å². The van der Waals surface area contributed by atoms with Crippen molar-refractivity contribution in [3.8, 4) is 0 Å². The zero-order valence-corrected chi connectivity index (χ0v) is 10.1. The summed E-state index contributed by atoms with van der Waals surface area (Å²) < 4.78 is 38.1. The third-order valence-electron chi connectivity index (χ3n) is 3.22. The van der Waals surface area contributed by atoms with Gasteiger partial charge in [-0.15, -0.1) is 0 Å². The SMILES string of the molecule is Cc1nc2cc(C(F)(F)F)ccc2c2ccccc12. The van der Waals surface area contributed by atoms with Gasteiger partial charge in [0.25, 0.3) is 0 Å². The van der Waals surface area contributed by atoms with Crippen molar-refractivity contribution in [2.24, 2.45) is 0 Å². The number of pyridine rings is 1. The van der Waals surface area contributed by atoms with E-state index in [1.54, 1.807) is 0 Å². The molecule has 96 valence electrons. The Hall–Kier alpha value is -2.10. The highest BCUT2D eigenvalue weighted by atomic mass is 19.4. The standard InChI is InChI=1S/C15H10F3N/c1-9-11-4-2-3-5-12(11)13-7-6-10(15(16,17)18)8-14(13)19-9/h2-8H,1H3. The molecule has 1 heterocycles. The number of fused-ring (bicyclic) bond motifs is 3. The van der Waals surface area contributed by atoms with Gasteiger partial charge in [-0.2, -0.15) is 13.2 Å². The summed E-state index contributed by atoms with van der Waals surface area (Å²) in [5.74, 6) is 0. The lowest BCUT2D eigenvalue weighted by atomic mass is 10.0. The molecule has 1 nitrogen and oxygen atoms in total. The maximum atomic E-state index is 12.7. The second-order valence-corrected chi connectivity index (χ2v) is 4.47. The van der Waals surface area contributed by atoms with Gasteiger partial charge in [-0.3, -0.25) is 4.98 Å². The molecule has 1 aromatic heterocycles. The Morgan fingerprint density at radius 3 is 2.26 bits per heavy atom. The minimum Gasteiger partial charge on any atom is -0.252 e. The Morgan fingerprint density at radius 1 is 0.895 bits per heavy atom. The average Bonchev–Trinajstić information content (AvgIpc) is 2.37. The van der Waals surface area contributed by atoms with Crippen molar-refractivity contribution in [3.05, 3.63) is 53.7 Å². The van der Waals surface area contributed by atoms with E-state index in [-0.39, 0.29) is 0 Å². The summed E-state index contributed by atoms with van der Waals surface area (Å²) in [7, 11) is 0. The van der Waals surface area contributed by atoms with E-state index in [1.165, 1.54) is 6.07 Å². The number of halogens is 3. The van der Waals surface area contributed by atoms with Gasteiger partial charge >= 0.3 is 6.18 Å². The van der Waals surface area contributed by atoms with E-state index in [2.05, 4.69) is 4.98 Å². The Labute approximate surface area is 107 Å². The summed E-state index contributed by atoms with van der Waals surface area (Å²) in [5.41, 5.74) is 0.454. The molecule has 0 amide bonds. The van der Waals surface area contributed by atoms with Crippen molar-refractivity contribution < 1.29 is 13.2 Å². The molecule has 0 bridgehead atoms. The number of aromatic nitrogens is 1. The summed E-state index contributed by atoms with van der Waals surface area (Å²) in [6.07, 6.45) is -4.34. The summed E-state index contributed by atoms with van der Waals surface area (Å²) in [5, 5.41) is 2.64. The molecule has 19 heavy (non-hydrogen) atoms. The predicted molar refractivity (Wildman–Crippen MR) is 69.0 cm³/mol. The van der Waals surface area contributed by atoms with Crippen molar-refractivity contribution in [2.45, 2.75) is 13.1 Å². The number of alkyl halides is 3. The first kappa shape index (κ1) is 12.0. The zero-order chi connectivity index (χ0) is 13.6. The smallest absolute Gasteiger partial charge is 0.252 e. The van der Waals surface area contributed by atoms with Crippen molar-refractivity contribution in [1.82, 2.24) is 4.98 Å². The number of benzene rings is 2. The van der Waals surface area contributed by atoms with Crippen LogP contribution in [0.5, 0.6) is 0 Å². The first-order valence-corrected chi connectivity index (χ1v) is 5.83. The van der Waals surface area contributed by atoms with E-state index >= 15 is 0 Å². The maximum absolute atomic E-state index is 12.7. The Kier molecular flexibility index (Phi) is 2.49. The molecule has 0 radical (unpaired) electrons. The van der Waals surface area contributed by atoms with Gasteiger partial charge in [-0.05, 0) is 24.4 Å². The van der Waals surface area contributed by atoms with Gasteiger partial charge in [0.2, 0.25) is 0 Å². The van der Waals surface area contributed by atoms with E-state index in [1.807, 2.05) is 31.2 Å².